The first-order chi connectivity index (χ1) is 13.2. The highest BCUT2D eigenvalue weighted by atomic mass is 16.5. The number of nitrogens with two attached hydrogens (primary N) is 1. The maximum absolute atomic E-state index is 12.2. The van der Waals surface area contributed by atoms with Gasteiger partial charge >= 0.3 is 11.9 Å². The quantitative estimate of drug-likeness (QED) is 0.675. The second-order valence-corrected chi connectivity index (χ2v) is 6.81. The number of aromatic nitrogens is 1. The summed E-state index contributed by atoms with van der Waals surface area (Å²) in [5.74, 6) is -1.87. The van der Waals surface area contributed by atoms with Crippen molar-refractivity contribution in [2.24, 2.45) is 11.7 Å². The molecule has 0 bridgehead atoms. The Balaban J connectivity index is 1.87. The highest BCUT2D eigenvalue weighted by molar-refractivity contribution is 5.91. The van der Waals surface area contributed by atoms with Gasteiger partial charge in [0.1, 0.15) is 6.54 Å². The number of nitrogens with zero attached hydrogens (tertiary/aromatic N) is 2. The van der Waals surface area contributed by atoms with Crippen LogP contribution in [0.1, 0.15) is 41.5 Å². The smallest absolute Gasteiger partial charge is 0.339 e. The summed E-state index contributed by atoms with van der Waals surface area (Å²) in [6.45, 7) is 5.87. The average molecular weight is 393 g/mol. The zero-order chi connectivity index (χ0) is 20.8. The topological polar surface area (TPSA) is 121 Å². The predicted octanol–water partition coefficient (Wildman–Crippen LogP) is 0.549. The molecule has 154 valence electrons. The number of primary amides is 1. The molecule has 1 aromatic rings. The Hall–Kier alpha value is -2.84. The lowest BCUT2D eigenvalue weighted by molar-refractivity contribution is -0.153. The van der Waals surface area contributed by atoms with E-state index in [2.05, 4.69) is 0 Å². The van der Waals surface area contributed by atoms with E-state index in [1.807, 2.05) is 0 Å². The third kappa shape index (κ3) is 5.11. The molecule has 1 aliphatic rings. The number of hydrogen-bond donors (Lipinski definition) is 1. The third-order valence-electron chi connectivity index (χ3n) is 4.96. The lowest BCUT2D eigenvalue weighted by Gasteiger charge is -2.30. The van der Waals surface area contributed by atoms with Gasteiger partial charge < -0.3 is 24.7 Å². The van der Waals surface area contributed by atoms with Gasteiger partial charge in [-0.2, -0.15) is 0 Å². The van der Waals surface area contributed by atoms with Gasteiger partial charge in [-0.3, -0.25) is 14.4 Å². The molecule has 2 heterocycles. The van der Waals surface area contributed by atoms with E-state index >= 15 is 0 Å². The second kappa shape index (κ2) is 9.38. The molecule has 2 amide bonds. The zero-order valence-electron chi connectivity index (χ0n) is 16.5. The van der Waals surface area contributed by atoms with E-state index in [0.29, 0.717) is 37.2 Å². The first-order valence-corrected chi connectivity index (χ1v) is 9.31. The molecule has 0 radical (unpaired) electrons. The minimum atomic E-state index is -0.572. The Bertz CT molecular complexity index is 762. The molecular formula is C19H27N3O6. The van der Waals surface area contributed by atoms with E-state index in [1.165, 1.54) is 0 Å². The fraction of sp³-hybridized carbons (Fsp3) is 0.579. The molecule has 0 unspecified atom stereocenters. The van der Waals surface area contributed by atoms with E-state index in [-0.39, 0.29) is 37.5 Å². The molecule has 1 fully saturated rings. The van der Waals surface area contributed by atoms with Crippen LogP contribution in [0.5, 0.6) is 0 Å². The number of aryl methyl sites for hydroxylation is 1. The number of ether oxygens (including phenoxy) is 2. The van der Waals surface area contributed by atoms with Gasteiger partial charge in [-0.15, -0.1) is 0 Å². The number of hydrogen-bond acceptors (Lipinski definition) is 6. The first-order valence-electron chi connectivity index (χ1n) is 9.31. The molecule has 9 nitrogen and oxygen atoms in total. The molecular weight excluding hydrogens is 366 g/mol. The minimum Gasteiger partial charge on any atom is -0.462 e. The molecule has 2 N–H and O–H groups in total. The SMILES string of the molecule is CCOC(=O)c1cc(C)n(CC(=O)OCC(=O)N2CCC(C(N)=O)CC2)c1C. The van der Waals surface area contributed by atoms with Crippen LogP contribution in [0.25, 0.3) is 0 Å². The lowest BCUT2D eigenvalue weighted by Crippen LogP contribution is -2.43. The Labute approximate surface area is 163 Å². The van der Waals surface area contributed by atoms with Gasteiger partial charge in [-0.25, -0.2) is 4.79 Å². The lowest BCUT2D eigenvalue weighted by atomic mass is 9.96. The molecule has 1 aliphatic heterocycles. The standard InChI is InChI=1S/C19H27N3O6/c1-4-27-19(26)15-9-12(2)22(13(15)3)10-17(24)28-11-16(23)21-7-5-14(6-8-21)18(20)25/h9,14H,4-8,10-11H2,1-3H3,(H2,20,25). The Kier molecular flexibility index (Phi) is 7.19. The number of piperidine rings is 1. The molecule has 0 spiro atoms. The minimum absolute atomic E-state index is 0.103. The van der Waals surface area contributed by atoms with Crippen molar-refractivity contribution in [1.29, 1.82) is 0 Å². The van der Waals surface area contributed by atoms with E-state index in [0.717, 1.165) is 5.69 Å². The summed E-state index contributed by atoms with van der Waals surface area (Å²) < 4.78 is 11.8. The maximum atomic E-state index is 12.2. The maximum Gasteiger partial charge on any atom is 0.339 e. The Morgan fingerprint density at radius 1 is 1.14 bits per heavy atom. The van der Waals surface area contributed by atoms with Gasteiger partial charge in [0.2, 0.25) is 5.91 Å². The van der Waals surface area contributed by atoms with Gasteiger partial charge in [-0.05, 0) is 39.7 Å². The van der Waals surface area contributed by atoms with Crippen LogP contribution in [-0.4, -0.2) is 59.5 Å². The van der Waals surface area contributed by atoms with Crippen molar-refractivity contribution < 1.29 is 28.7 Å². The van der Waals surface area contributed by atoms with E-state index in [9.17, 15) is 19.2 Å². The highest BCUT2D eigenvalue weighted by Crippen LogP contribution is 2.18. The van der Waals surface area contributed by atoms with Crippen LogP contribution in [0.3, 0.4) is 0 Å². The molecule has 0 aromatic carbocycles. The number of amides is 2. The Morgan fingerprint density at radius 2 is 1.79 bits per heavy atom. The third-order valence-corrected chi connectivity index (χ3v) is 4.96. The van der Waals surface area contributed by atoms with Crippen LogP contribution in [0, 0.1) is 19.8 Å². The summed E-state index contributed by atoms with van der Waals surface area (Å²) in [5, 5.41) is 0. The van der Waals surface area contributed by atoms with Crippen molar-refractivity contribution in [3.63, 3.8) is 0 Å². The largest absolute Gasteiger partial charge is 0.462 e. The van der Waals surface area contributed by atoms with Gasteiger partial charge in [0.05, 0.1) is 12.2 Å². The van der Waals surface area contributed by atoms with Crippen molar-refractivity contribution in [3.8, 4) is 0 Å². The first kappa shape index (κ1) is 21.5. The fourth-order valence-corrected chi connectivity index (χ4v) is 3.28. The van der Waals surface area contributed by atoms with Crippen LogP contribution < -0.4 is 5.73 Å². The van der Waals surface area contributed by atoms with Crippen LogP contribution in [0.15, 0.2) is 6.07 Å². The van der Waals surface area contributed by atoms with E-state index in [1.54, 1.807) is 36.3 Å². The predicted molar refractivity (Wildman–Crippen MR) is 99.3 cm³/mol. The molecule has 0 aliphatic carbocycles. The summed E-state index contributed by atoms with van der Waals surface area (Å²) in [4.78, 5) is 49.0. The highest BCUT2D eigenvalue weighted by Gasteiger charge is 2.26. The van der Waals surface area contributed by atoms with Crippen molar-refractivity contribution in [2.45, 2.75) is 40.2 Å². The monoisotopic (exact) mass is 393 g/mol. The molecule has 0 saturated carbocycles. The van der Waals surface area contributed by atoms with Crippen LogP contribution in [0.2, 0.25) is 0 Å². The Morgan fingerprint density at radius 3 is 2.36 bits per heavy atom. The number of esters is 2. The molecule has 28 heavy (non-hydrogen) atoms. The van der Waals surface area contributed by atoms with E-state index < -0.39 is 11.9 Å². The van der Waals surface area contributed by atoms with Crippen LogP contribution in [-0.2, 0) is 30.4 Å². The summed E-state index contributed by atoms with van der Waals surface area (Å²) >= 11 is 0. The van der Waals surface area contributed by atoms with E-state index in [4.69, 9.17) is 15.2 Å². The normalized spacial score (nSPS) is 14.6. The summed E-state index contributed by atoms with van der Waals surface area (Å²) in [6.07, 6.45) is 1.04. The number of likely N-dealkylation sites (tertiary alicyclic amines) is 1. The van der Waals surface area contributed by atoms with Gasteiger partial charge in [0, 0.05) is 30.4 Å². The van der Waals surface area contributed by atoms with Crippen molar-refractivity contribution in [2.75, 3.05) is 26.3 Å². The van der Waals surface area contributed by atoms with Gasteiger partial charge in [0.25, 0.3) is 5.91 Å². The number of rotatable bonds is 7. The fourth-order valence-electron chi connectivity index (χ4n) is 3.28. The molecule has 1 aromatic heterocycles. The van der Waals surface area contributed by atoms with Gasteiger partial charge in [0.15, 0.2) is 6.61 Å². The van der Waals surface area contributed by atoms with Gasteiger partial charge in [-0.1, -0.05) is 0 Å². The molecule has 9 heteroatoms. The summed E-state index contributed by atoms with van der Waals surface area (Å²) in [7, 11) is 0. The zero-order valence-corrected chi connectivity index (χ0v) is 16.5. The van der Waals surface area contributed by atoms with Crippen molar-refractivity contribution in [3.05, 3.63) is 23.0 Å². The molecule has 2 rings (SSSR count). The van der Waals surface area contributed by atoms with Crippen LogP contribution >= 0.6 is 0 Å². The van der Waals surface area contributed by atoms with Crippen LogP contribution in [0.4, 0.5) is 0 Å². The number of carbonyl (C=O) groups excluding carboxylic acids is 4. The van der Waals surface area contributed by atoms with Crippen molar-refractivity contribution >= 4 is 23.8 Å². The summed E-state index contributed by atoms with van der Waals surface area (Å²) in [6, 6.07) is 1.66. The molecule has 1 saturated heterocycles. The average Bonchev–Trinajstić information content (AvgIpc) is 2.94. The van der Waals surface area contributed by atoms with Crippen molar-refractivity contribution in [1.82, 2.24) is 9.47 Å². The summed E-state index contributed by atoms with van der Waals surface area (Å²) in [5.41, 5.74) is 7.01. The second-order valence-electron chi connectivity index (χ2n) is 6.81. The molecule has 0 atom stereocenters. The number of carbonyl (C=O) groups is 4.